The van der Waals surface area contributed by atoms with E-state index in [1.165, 1.54) is 0 Å². The Kier molecular flexibility index (Phi) is 6.00. The third-order valence-corrected chi connectivity index (χ3v) is 5.32. The molecule has 0 aromatic heterocycles. The number of benzene rings is 2. The first-order valence-corrected chi connectivity index (χ1v) is 9.29. The van der Waals surface area contributed by atoms with Crippen LogP contribution >= 0.6 is 23.2 Å². The summed E-state index contributed by atoms with van der Waals surface area (Å²) in [5.74, 6) is 0.197. The van der Waals surface area contributed by atoms with Crippen LogP contribution in [0.15, 0.2) is 48.5 Å². The summed E-state index contributed by atoms with van der Waals surface area (Å²) >= 11 is 12.3. The normalized spacial score (nSPS) is 18.1. The zero-order valence-electron chi connectivity index (χ0n) is 14.3. The molecule has 5 heteroatoms. The molecule has 1 aliphatic heterocycles. The number of hydrogen-bond donors (Lipinski definition) is 0. The van der Waals surface area contributed by atoms with Gasteiger partial charge in [-0.2, -0.15) is 0 Å². The summed E-state index contributed by atoms with van der Waals surface area (Å²) in [6.45, 7) is 2.49. The van der Waals surface area contributed by atoms with Gasteiger partial charge in [0.15, 0.2) is 0 Å². The Balaban J connectivity index is 1.65. The molecule has 1 saturated heterocycles. The fourth-order valence-electron chi connectivity index (χ4n) is 3.34. The van der Waals surface area contributed by atoms with E-state index in [2.05, 4.69) is 4.90 Å². The van der Waals surface area contributed by atoms with Crippen molar-refractivity contribution in [2.45, 2.75) is 19.4 Å². The van der Waals surface area contributed by atoms with Crippen molar-refractivity contribution in [3.05, 3.63) is 64.1 Å². The van der Waals surface area contributed by atoms with Gasteiger partial charge in [0.1, 0.15) is 0 Å². The summed E-state index contributed by atoms with van der Waals surface area (Å²) < 4.78 is 0. The Morgan fingerprint density at radius 3 is 2.68 bits per heavy atom. The molecule has 2 aromatic rings. The van der Waals surface area contributed by atoms with Gasteiger partial charge < -0.3 is 4.90 Å². The molecule has 0 radical (unpaired) electrons. The molecule has 0 N–H and O–H groups in total. The molecule has 3 rings (SSSR count). The highest BCUT2D eigenvalue weighted by molar-refractivity contribution is 6.35. The second-order valence-corrected chi connectivity index (χ2v) is 7.39. The minimum Gasteiger partial charge on any atom is -0.315 e. The predicted octanol–water partition coefficient (Wildman–Crippen LogP) is 4.87. The summed E-state index contributed by atoms with van der Waals surface area (Å²) in [7, 11) is 1.85. The van der Waals surface area contributed by atoms with E-state index in [1.807, 2.05) is 49.5 Å². The van der Waals surface area contributed by atoms with Crippen molar-refractivity contribution in [1.82, 2.24) is 4.90 Å². The average molecular weight is 377 g/mol. The highest BCUT2D eigenvalue weighted by Gasteiger charge is 2.28. The Hall–Kier alpha value is -1.55. The predicted molar refractivity (Wildman–Crippen MR) is 104 cm³/mol. The molecule has 1 fully saturated rings. The number of nitrogens with zero attached hydrogens (tertiary/aromatic N) is 2. The van der Waals surface area contributed by atoms with Gasteiger partial charge in [0.25, 0.3) is 0 Å². The standard InChI is InChI=1S/C20H22Cl2N2O/c1-23(18-7-3-2-4-8-18)20(25)16-6-5-11-24(14-16)13-15-9-10-17(21)12-19(15)22/h2-4,7-10,12,16H,5-6,11,13-14H2,1H3/t16-/m1/s1. The van der Waals surface area contributed by atoms with Crippen molar-refractivity contribution in [3.63, 3.8) is 0 Å². The van der Waals surface area contributed by atoms with E-state index >= 15 is 0 Å². The first-order chi connectivity index (χ1) is 12.0. The van der Waals surface area contributed by atoms with E-state index < -0.39 is 0 Å². The number of para-hydroxylation sites is 1. The maximum atomic E-state index is 12.9. The fraction of sp³-hybridized carbons (Fsp3) is 0.350. The van der Waals surface area contributed by atoms with E-state index in [-0.39, 0.29) is 11.8 Å². The summed E-state index contributed by atoms with van der Waals surface area (Å²) in [6, 6.07) is 15.4. The van der Waals surface area contributed by atoms with E-state index in [1.54, 1.807) is 11.0 Å². The van der Waals surface area contributed by atoms with Gasteiger partial charge in [-0.1, -0.05) is 47.5 Å². The van der Waals surface area contributed by atoms with Crippen molar-refractivity contribution in [3.8, 4) is 0 Å². The molecule has 1 atom stereocenters. The van der Waals surface area contributed by atoms with E-state index in [0.717, 1.165) is 43.7 Å². The van der Waals surface area contributed by atoms with Crippen molar-refractivity contribution in [2.24, 2.45) is 5.92 Å². The topological polar surface area (TPSA) is 23.6 Å². The lowest BCUT2D eigenvalue weighted by Crippen LogP contribution is -2.43. The van der Waals surface area contributed by atoms with Crippen LogP contribution in [-0.2, 0) is 11.3 Å². The minimum atomic E-state index is 0.0185. The van der Waals surface area contributed by atoms with Crippen LogP contribution in [-0.4, -0.2) is 30.9 Å². The summed E-state index contributed by atoms with van der Waals surface area (Å²) in [5, 5.41) is 1.33. The molecule has 1 aliphatic rings. The average Bonchev–Trinajstić information content (AvgIpc) is 2.64. The third-order valence-electron chi connectivity index (χ3n) is 4.74. The Bertz CT molecular complexity index is 736. The zero-order valence-corrected chi connectivity index (χ0v) is 15.8. The van der Waals surface area contributed by atoms with Gasteiger partial charge in [-0.3, -0.25) is 9.69 Å². The Labute approximate surface area is 159 Å². The van der Waals surface area contributed by atoms with Gasteiger partial charge in [0.05, 0.1) is 5.92 Å². The lowest BCUT2D eigenvalue weighted by atomic mass is 9.96. The molecule has 25 heavy (non-hydrogen) atoms. The van der Waals surface area contributed by atoms with Crippen molar-refractivity contribution >= 4 is 34.8 Å². The van der Waals surface area contributed by atoms with Crippen LogP contribution in [0.4, 0.5) is 5.69 Å². The van der Waals surface area contributed by atoms with E-state index in [4.69, 9.17) is 23.2 Å². The van der Waals surface area contributed by atoms with Gasteiger partial charge in [-0.05, 0) is 49.2 Å². The van der Waals surface area contributed by atoms with Crippen LogP contribution < -0.4 is 4.90 Å². The quantitative estimate of drug-likeness (QED) is 0.759. The number of halogens is 2. The van der Waals surface area contributed by atoms with Crippen LogP contribution in [0.25, 0.3) is 0 Å². The van der Waals surface area contributed by atoms with Gasteiger partial charge in [-0.25, -0.2) is 0 Å². The smallest absolute Gasteiger partial charge is 0.231 e. The highest BCUT2D eigenvalue weighted by Crippen LogP contribution is 2.26. The summed E-state index contributed by atoms with van der Waals surface area (Å²) in [4.78, 5) is 16.9. The molecule has 2 aromatic carbocycles. The third kappa shape index (κ3) is 4.55. The van der Waals surface area contributed by atoms with Crippen LogP contribution in [0.2, 0.25) is 10.0 Å². The number of rotatable bonds is 4. The first-order valence-electron chi connectivity index (χ1n) is 8.53. The van der Waals surface area contributed by atoms with Crippen LogP contribution in [0.1, 0.15) is 18.4 Å². The minimum absolute atomic E-state index is 0.0185. The number of carbonyl (C=O) groups excluding carboxylic acids is 1. The Morgan fingerprint density at radius 2 is 1.96 bits per heavy atom. The van der Waals surface area contributed by atoms with E-state index in [0.29, 0.717) is 10.0 Å². The second-order valence-electron chi connectivity index (χ2n) is 6.54. The monoisotopic (exact) mass is 376 g/mol. The first kappa shape index (κ1) is 18.2. The maximum Gasteiger partial charge on any atom is 0.231 e. The molecule has 0 unspecified atom stereocenters. The molecule has 0 saturated carbocycles. The van der Waals surface area contributed by atoms with Crippen molar-refractivity contribution < 1.29 is 4.79 Å². The molecule has 1 heterocycles. The largest absolute Gasteiger partial charge is 0.315 e. The molecule has 132 valence electrons. The summed E-state index contributed by atoms with van der Waals surface area (Å²) in [6.07, 6.45) is 1.95. The Morgan fingerprint density at radius 1 is 1.20 bits per heavy atom. The number of anilines is 1. The molecule has 1 amide bonds. The van der Waals surface area contributed by atoms with Crippen LogP contribution in [0.5, 0.6) is 0 Å². The maximum absolute atomic E-state index is 12.9. The van der Waals surface area contributed by atoms with E-state index in [9.17, 15) is 4.79 Å². The van der Waals surface area contributed by atoms with Crippen molar-refractivity contribution in [1.29, 1.82) is 0 Å². The highest BCUT2D eigenvalue weighted by atomic mass is 35.5. The molecule has 0 aliphatic carbocycles. The lowest BCUT2D eigenvalue weighted by Gasteiger charge is -2.34. The number of piperidine rings is 1. The zero-order chi connectivity index (χ0) is 17.8. The number of carbonyl (C=O) groups is 1. The van der Waals surface area contributed by atoms with Gasteiger partial charge in [0, 0.05) is 35.9 Å². The summed E-state index contributed by atoms with van der Waals surface area (Å²) in [5.41, 5.74) is 1.99. The fourth-order valence-corrected chi connectivity index (χ4v) is 3.81. The van der Waals surface area contributed by atoms with Gasteiger partial charge in [-0.15, -0.1) is 0 Å². The number of hydrogen-bond acceptors (Lipinski definition) is 2. The molecular formula is C20H22Cl2N2O. The van der Waals surface area contributed by atoms with Crippen LogP contribution in [0, 0.1) is 5.92 Å². The SMILES string of the molecule is CN(C(=O)[C@@H]1CCCN(Cc2ccc(Cl)cc2Cl)C1)c1ccccc1. The van der Waals surface area contributed by atoms with Gasteiger partial charge >= 0.3 is 0 Å². The number of likely N-dealkylation sites (tertiary alicyclic amines) is 1. The molecule has 3 nitrogen and oxygen atoms in total. The molecular weight excluding hydrogens is 355 g/mol. The molecule has 0 bridgehead atoms. The van der Waals surface area contributed by atoms with Crippen molar-refractivity contribution in [2.75, 3.05) is 25.0 Å². The number of amides is 1. The lowest BCUT2D eigenvalue weighted by molar-refractivity contribution is -0.123. The molecule has 0 spiro atoms. The van der Waals surface area contributed by atoms with Crippen LogP contribution in [0.3, 0.4) is 0 Å². The second kappa shape index (κ2) is 8.22. The van der Waals surface area contributed by atoms with Gasteiger partial charge in [0.2, 0.25) is 5.91 Å².